The molecular formula is C25H28ClN5O2. The highest BCUT2D eigenvalue weighted by Gasteiger charge is 2.26. The number of halogens is 1. The number of anilines is 1. The Labute approximate surface area is 198 Å². The van der Waals surface area contributed by atoms with E-state index in [0.717, 1.165) is 36.7 Å². The van der Waals surface area contributed by atoms with Crippen LogP contribution in [0, 0.1) is 0 Å². The van der Waals surface area contributed by atoms with Crippen molar-refractivity contribution in [3.63, 3.8) is 0 Å². The largest absolute Gasteiger partial charge is 0.487 e. The first-order chi connectivity index (χ1) is 16.1. The van der Waals surface area contributed by atoms with Gasteiger partial charge in [-0.05, 0) is 49.6 Å². The van der Waals surface area contributed by atoms with Crippen LogP contribution in [-0.4, -0.2) is 39.7 Å². The van der Waals surface area contributed by atoms with Gasteiger partial charge in [-0.2, -0.15) is 0 Å². The van der Waals surface area contributed by atoms with E-state index in [4.69, 9.17) is 16.3 Å². The Balaban J connectivity index is 1.20. The van der Waals surface area contributed by atoms with Gasteiger partial charge in [0.05, 0.1) is 22.6 Å². The molecule has 3 aromatic rings. The summed E-state index contributed by atoms with van der Waals surface area (Å²) in [4.78, 5) is 23.8. The van der Waals surface area contributed by atoms with Gasteiger partial charge >= 0.3 is 0 Å². The predicted octanol–water partition coefficient (Wildman–Crippen LogP) is 3.97. The van der Waals surface area contributed by atoms with E-state index in [1.54, 1.807) is 41.4 Å². The van der Waals surface area contributed by atoms with Crippen LogP contribution in [0.4, 0.5) is 5.82 Å². The SMILES string of the molecule is O=c1cc(OCc2ccc(Cl)cn2)ccn1-c1ccc(N2CCC(NC3CCCC3)C2)nc1. The van der Waals surface area contributed by atoms with Gasteiger partial charge in [0.1, 0.15) is 18.2 Å². The molecule has 172 valence electrons. The number of pyridine rings is 3. The van der Waals surface area contributed by atoms with Crippen LogP contribution in [0.25, 0.3) is 5.69 Å². The van der Waals surface area contributed by atoms with E-state index >= 15 is 0 Å². The number of nitrogens with one attached hydrogen (secondary N) is 1. The van der Waals surface area contributed by atoms with Crippen molar-refractivity contribution in [2.24, 2.45) is 0 Å². The quantitative estimate of drug-likeness (QED) is 0.569. The molecule has 5 rings (SSSR count). The molecule has 0 amide bonds. The highest BCUT2D eigenvalue weighted by atomic mass is 35.5. The fourth-order valence-electron chi connectivity index (χ4n) is 4.65. The molecule has 0 radical (unpaired) electrons. The number of hydrogen-bond acceptors (Lipinski definition) is 6. The van der Waals surface area contributed by atoms with Crippen LogP contribution in [0.3, 0.4) is 0 Å². The van der Waals surface area contributed by atoms with E-state index < -0.39 is 0 Å². The van der Waals surface area contributed by atoms with Gasteiger partial charge in [-0.1, -0.05) is 24.4 Å². The van der Waals surface area contributed by atoms with Crippen molar-refractivity contribution < 1.29 is 4.74 Å². The Morgan fingerprint density at radius 2 is 1.91 bits per heavy atom. The zero-order chi connectivity index (χ0) is 22.6. The van der Waals surface area contributed by atoms with E-state index in [0.29, 0.717) is 22.9 Å². The molecule has 1 aliphatic carbocycles. The minimum atomic E-state index is -0.173. The highest BCUT2D eigenvalue weighted by molar-refractivity contribution is 6.30. The fourth-order valence-corrected chi connectivity index (χ4v) is 4.76. The second-order valence-electron chi connectivity index (χ2n) is 8.78. The number of nitrogens with zero attached hydrogens (tertiary/aromatic N) is 4. The van der Waals surface area contributed by atoms with Crippen LogP contribution in [0.5, 0.6) is 5.75 Å². The van der Waals surface area contributed by atoms with Crippen LogP contribution in [0.1, 0.15) is 37.8 Å². The summed E-state index contributed by atoms with van der Waals surface area (Å²) in [7, 11) is 0. The lowest BCUT2D eigenvalue weighted by Crippen LogP contribution is -2.38. The summed E-state index contributed by atoms with van der Waals surface area (Å²) in [6.07, 6.45) is 11.5. The van der Waals surface area contributed by atoms with Gasteiger partial charge in [0, 0.05) is 43.6 Å². The molecule has 7 nitrogen and oxygen atoms in total. The molecule has 33 heavy (non-hydrogen) atoms. The smallest absolute Gasteiger partial charge is 0.258 e. The van der Waals surface area contributed by atoms with E-state index in [1.807, 2.05) is 12.1 Å². The minimum Gasteiger partial charge on any atom is -0.487 e. The van der Waals surface area contributed by atoms with Crippen molar-refractivity contribution in [2.45, 2.75) is 50.8 Å². The summed E-state index contributed by atoms with van der Waals surface area (Å²) in [5.74, 6) is 1.45. The Morgan fingerprint density at radius 3 is 2.64 bits per heavy atom. The molecule has 4 heterocycles. The first kappa shape index (κ1) is 21.9. The van der Waals surface area contributed by atoms with Gasteiger partial charge in [0.15, 0.2) is 0 Å². The molecular weight excluding hydrogens is 438 g/mol. The van der Waals surface area contributed by atoms with Crippen LogP contribution in [0.2, 0.25) is 5.02 Å². The topological polar surface area (TPSA) is 72.3 Å². The minimum absolute atomic E-state index is 0.173. The summed E-state index contributed by atoms with van der Waals surface area (Å²) < 4.78 is 7.27. The second kappa shape index (κ2) is 9.93. The summed E-state index contributed by atoms with van der Waals surface area (Å²) in [5.41, 5.74) is 1.30. The van der Waals surface area contributed by atoms with Crippen LogP contribution in [-0.2, 0) is 6.61 Å². The Morgan fingerprint density at radius 1 is 1.03 bits per heavy atom. The summed E-state index contributed by atoms with van der Waals surface area (Å²) in [6, 6.07) is 12.0. The molecule has 0 aromatic carbocycles. The summed E-state index contributed by atoms with van der Waals surface area (Å²) in [6.45, 7) is 2.26. The lowest BCUT2D eigenvalue weighted by Gasteiger charge is -2.20. The number of aromatic nitrogens is 3. The van der Waals surface area contributed by atoms with Crippen molar-refractivity contribution in [1.82, 2.24) is 19.9 Å². The second-order valence-corrected chi connectivity index (χ2v) is 9.22. The Hall–Kier alpha value is -2.90. The van der Waals surface area contributed by atoms with Gasteiger partial charge in [0.2, 0.25) is 0 Å². The van der Waals surface area contributed by atoms with Crippen molar-refractivity contribution in [3.8, 4) is 11.4 Å². The van der Waals surface area contributed by atoms with Crippen molar-refractivity contribution in [1.29, 1.82) is 0 Å². The normalized spacial score (nSPS) is 18.7. The van der Waals surface area contributed by atoms with E-state index in [9.17, 15) is 4.79 Å². The molecule has 1 atom stereocenters. The molecule has 0 bridgehead atoms. The third-order valence-corrected chi connectivity index (χ3v) is 6.64. The van der Waals surface area contributed by atoms with Gasteiger partial charge in [-0.3, -0.25) is 14.3 Å². The maximum atomic E-state index is 12.6. The number of ether oxygens (including phenoxy) is 1. The maximum Gasteiger partial charge on any atom is 0.258 e. The van der Waals surface area contributed by atoms with Crippen LogP contribution in [0.15, 0.2) is 59.8 Å². The molecule has 1 saturated carbocycles. The number of rotatable bonds is 7. The monoisotopic (exact) mass is 465 g/mol. The van der Waals surface area contributed by atoms with Crippen molar-refractivity contribution >= 4 is 17.4 Å². The Bertz CT molecular complexity index is 1130. The van der Waals surface area contributed by atoms with Gasteiger partial charge < -0.3 is 15.0 Å². The van der Waals surface area contributed by atoms with Gasteiger partial charge in [-0.15, -0.1) is 0 Å². The van der Waals surface area contributed by atoms with Crippen molar-refractivity contribution in [2.75, 3.05) is 18.0 Å². The zero-order valence-electron chi connectivity index (χ0n) is 18.5. The molecule has 1 N–H and O–H groups in total. The molecule has 8 heteroatoms. The van der Waals surface area contributed by atoms with Gasteiger partial charge in [-0.25, -0.2) is 4.98 Å². The molecule has 0 spiro atoms. The van der Waals surface area contributed by atoms with E-state index in [-0.39, 0.29) is 12.2 Å². The predicted molar refractivity (Wildman–Crippen MR) is 129 cm³/mol. The van der Waals surface area contributed by atoms with E-state index in [2.05, 4.69) is 20.2 Å². The molecule has 2 aliphatic rings. The fraction of sp³-hybridized carbons (Fsp3) is 0.400. The summed E-state index contributed by atoms with van der Waals surface area (Å²) >= 11 is 5.85. The molecule has 1 saturated heterocycles. The third kappa shape index (κ3) is 5.37. The first-order valence-electron chi connectivity index (χ1n) is 11.6. The van der Waals surface area contributed by atoms with Crippen molar-refractivity contribution in [3.05, 3.63) is 76.1 Å². The average Bonchev–Trinajstić information content (AvgIpc) is 3.52. The molecule has 3 aromatic heterocycles. The highest BCUT2D eigenvalue weighted by Crippen LogP contribution is 2.23. The van der Waals surface area contributed by atoms with Crippen LogP contribution >= 0.6 is 11.6 Å². The third-order valence-electron chi connectivity index (χ3n) is 6.42. The number of hydrogen-bond donors (Lipinski definition) is 1. The van der Waals surface area contributed by atoms with E-state index in [1.165, 1.54) is 31.7 Å². The molecule has 1 unspecified atom stereocenters. The lowest BCUT2D eigenvalue weighted by atomic mass is 10.2. The lowest BCUT2D eigenvalue weighted by molar-refractivity contribution is 0.300. The standard InChI is InChI=1S/C25H28ClN5O2/c26-18-5-6-21(27-14-18)17-33-23-10-12-31(25(32)13-23)22-7-8-24(28-15-22)30-11-9-20(16-30)29-19-3-1-2-4-19/h5-8,10,12-15,19-20,29H,1-4,9,11,16-17H2. The maximum absolute atomic E-state index is 12.6. The van der Waals surface area contributed by atoms with Crippen LogP contribution < -0.4 is 20.5 Å². The average molecular weight is 466 g/mol. The zero-order valence-corrected chi connectivity index (χ0v) is 19.2. The molecule has 1 aliphatic heterocycles. The van der Waals surface area contributed by atoms with Gasteiger partial charge in [0.25, 0.3) is 5.56 Å². The summed E-state index contributed by atoms with van der Waals surface area (Å²) in [5, 5.41) is 4.39. The Kier molecular flexibility index (Phi) is 6.60. The first-order valence-corrected chi connectivity index (χ1v) is 12.0. The molecule has 2 fully saturated rings.